The molecule has 0 unspecified atom stereocenters. The number of hydrogen-bond donors (Lipinski definition) is 1. The Labute approximate surface area is 123 Å². The number of benzene rings is 1. The number of aromatic nitrogens is 2. The van der Waals surface area contributed by atoms with Crippen molar-refractivity contribution in [3.05, 3.63) is 44.8 Å². The maximum absolute atomic E-state index is 11.0. The molecule has 104 valence electrons. The van der Waals surface area contributed by atoms with Crippen LogP contribution in [0, 0.1) is 10.1 Å². The number of nitro groups is 1. The zero-order valence-electron chi connectivity index (χ0n) is 10.1. The molecule has 1 aromatic carbocycles. The Balaban J connectivity index is 2.45. The van der Waals surface area contributed by atoms with Crippen LogP contribution >= 0.6 is 23.2 Å². The summed E-state index contributed by atoms with van der Waals surface area (Å²) < 4.78 is 5.06. The monoisotopic (exact) mass is 314 g/mol. The van der Waals surface area contributed by atoms with Crippen LogP contribution < -0.4 is 10.1 Å². The summed E-state index contributed by atoms with van der Waals surface area (Å²) in [6, 6.07) is 4.84. The number of ether oxygens (including phenoxy) is 1. The quantitative estimate of drug-likeness (QED) is 0.528. The Morgan fingerprint density at radius 2 is 2.10 bits per heavy atom. The third-order valence-corrected chi connectivity index (χ3v) is 2.99. The van der Waals surface area contributed by atoms with E-state index in [1.165, 1.54) is 7.11 Å². The maximum atomic E-state index is 11.0. The third-order valence-electron chi connectivity index (χ3n) is 2.39. The van der Waals surface area contributed by atoms with Gasteiger partial charge in [0.1, 0.15) is 12.1 Å². The number of methoxy groups -OCH3 is 1. The molecule has 0 amide bonds. The Bertz CT molecular complexity index is 666. The van der Waals surface area contributed by atoms with Crippen LogP contribution in [0.4, 0.5) is 17.2 Å². The highest BCUT2D eigenvalue weighted by molar-refractivity contribution is 6.33. The second-order valence-corrected chi connectivity index (χ2v) is 4.35. The zero-order chi connectivity index (χ0) is 14.7. The molecule has 20 heavy (non-hydrogen) atoms. The molecule has 0 aliphatic rings. The van der Waals surface area contributed by atoms with Gasteiger partial charge in [-0.05, 0) is 12.1 Å². The number of nitrogens with one attached hydrogen (secondary N) is 1. The molecule has 1 N–H and O–H groups in total. The number of rotatable bonds is 4. The molecule has 0 saturated carbocycles. The maximum Gasteiger partial charge on any atom is 0.348 e. The fourth-order valence-corrected chi connectivity index (χ4v) is 1.83. The van der Waals surface area contributed by atoms with Crippen molar-refractivity contribution < 1.29 is 9.66 Å². The van der Waals surface area contributed by atoms with Gasteiger partial charge in [0.2, 0.25) is 11.0 Å². The van der Waals surface area contributed by atoms with Crippen molar-refractivity contribution in [2.24, 2.45) is 0 Å². The summed E-state index contributed by atoms with van der Waals surface area (Å²) >= 11 is 11.7. The van der Waals surface area contributed by atoms with Gasteiger partial charge < -0.3 is 10.1 Å². The van der Waals surface area contributed by atoms with Crippen LogP contribution in [0.25, 0.3) is 0 Å². The first-order chi connectivity index (χ1) is 9.52. The van der Waals surface area contributed by atoms with Crippen molar-refractivity contribution in [2.75, 3.05) is 12.4 Å². The van der Waals surface area contributed by atoms with Crippen LogP contribution in [0.15, 0.2) is 24.5 Å². The van der Waals surface area contributed by atoms with Gasteiger partial charge in [-0.15, -0.1) is 0 Å². The van der Waals surface area contributed by atoms with Crippen LogP contribution in [0.2, 0.25) is 10.2 Å². The summed E-state index contributed by atoms with van der Waals surface area (Å²) in [5.74, 6) is 0.491. The van der Waals surface area contributed by atoms with Crippen LogP contribution in [0.1, 0.15) is 0 Å². The predicted octanol–water partition coefficient (Wildman–Crippen LogP) is 3.44. The lowest BCUT2D eigenvalue weighted by Gasteiger charge is -2.09. The van der Waals surface area contributed by atoms with E-state index in [1.807, 2.05) is 0 Å². The zero-order valence-corrected chi connectivity index (χ0v) is 11.6. The first kappa shape index (κ1) is 14.3. The Morgan fingerprint density at radius 3 is 2.75 bits per heavy atom. The topological polar surface area (TPSA) is 90.2 Å². The molecule has 9 heteroatoms. The van der Waals surface area contributed by atoms with E-state index >= 15 is 0 Å². The minimum atomic E-state index is -0.668. The summed E-state index contributed by atoms with van der Waals surface area (Å²) in [6.07, 6.45) is 1.12. The van der Waals surface area contributed by atoms with E-state index in [2.05, 4.69) is 15.3 Å². The third kappa shape index (κ3) is 2.89. The van der Waals surface area contributed by atoms with Gasteiger partial charge in [-0.25, -0.2) is 9.97 Å². The molecule has 2 aromatic rings. The molecule has 0 aliphatic carbocycles. The molecule has 2 rings (SSSR count). The molecule has 1 aromatic heterocycles. The first-order valence-corrected chi connectivity index (χ1v) is 6.04. The number of anilines is 2. The first-order valence-electron chi connectivity index (χ1n) is 5.28. The molecule has 0 fully saturated rings. The van der Waals surface area contributed by atoms with Crippen LogP contribution in [-0.2, 0) is 0 Å². The van der Waals surface area contributed by atoms with Gasteiger partial charge in [-0.1, -0.05) is 23.2 Å². The van der Waals surface area contributed by atoms with Gasteiger partial charge >= 0.3 is 5.69 Å². The van der Waals surface area contributed by atoms with Crippen molar-refractivity contribution in [1.29, 1.82) is 0 Å². The highest BCUT2D eigenvalue weighted by Crippen LogP contribution is 2.34. The molecule has 0 aliphatic heterocycles. The number of halogens is 2. The van der Waals surface area contributed by atoms with Crippen molar-refractivity contribution in [2.45, 2.75) is 0 Å². The molecular weight excluding hydrogens is 307 g/mol. The van der Waals surface area contributed by atoms with Crippen molar-refractivity contribution in [3.63, 3.8) is 0 Å². The SMILES string of the molecule is COc1ccc(Cl)c(Nc2ncnc(Cl)c2[N+](=O)[O-])c1. The fraction of sp³-hybridized carbons (Fsp3) is 0.0909. The van der Waals surface area contributed by atoms with Gasteiger partial charge in [0, 0.05) is 6.07 Å². The van der Waals surface area contributed by atoms with E-state index in [0.717, 1.165) is 6.33 Å². The largest absolute Gasteiger partial charge is 0.497 e. The van der Waals surface area contributed by atoms with E-state index in [0.29, 0.717) is 16.5 Å². The van der Waals surface area contributed by atoms with Gasteiger partial charge in [-0.3, -0.25) is 10.1 Å². The Kier molecular flexibility index (Phi) is 4.21. The average molecular weight is 315 g/mol. The van der Waals surface area contributed by atoms with E-state index < -0.39 is 10.6 Å². The van der Waals surface area contributed by atoms with Crippen LogP contribution in [-0.4, -0.2) is 22.0 Å². The smallest absolute Gasteiger partial charge is 0.348 e. The molecule has 7 nitrogen and oxygen atoms in total. The summed E-state index contributed by atoms with van der Waals surface area (Å²) in [5, 5.41) is 13.8. The standard InChI is InChI=1S/C11H8Cl2N4O3/c1-20-6-2-3-7(12)8(4-6)16-11-9(17(18)19)10(13)14-5-15-11/h2-5H,1H3,(H,14,15,16). The molecule has 0 atom stereocenters. The highest BCUT2D eigenvalue weighted by atomic mass is 35.5. The summed E-state index contributed by atoms with van der Waals surface area (Å²) in [6.45, 7) is 0. The van der Waals surface area contributed by atoms with Gasteiger partial charge in [-0.2, -0.15) is 0 Å². The van der Waals surface area contributed by atoms with Gasteiger partial charge in [0.05, 0.1) is 22.7 Å². The lowest BCUT2D eigenvalue weighted by atomic mass is 10.3. The molecule has 0 saturated heterocycles. The van der Waals surface area contributed by atoms with E-state index in [1.54, 1.807) is 18.2 Å². The van der Waals surface area contributed by atoms with E-state index in [4.69, 9.17) is 27.9 Å². The second kappa shape index (κ2) is 5.89. The fourth-order valence-electron chi connectivity index (χ4n) is 1.47. The Hall–Kier alpha value is -2.12. The van der Waals surface area contributed by atoms with Crippen molar-refractivity contribution in [1.82, 2.24) is 9.97 Å². The van der Waals surface area contributed by atoms with Crippen LogP contribution in [0.3, 0.4) is 0 Å². The highest BCUT2D eigenvalue weighted by Gasteiger charge is 2.22. The van der Waals surface area contributed by atoms with Crippen LogP contribution in [0.5, 0.6) is 5.75 Å². The predicted molar refractivity (Wildman–Crippen MR) is 75.0 cm³/mol. The normalized spacial score (nSPS) is 10.2. The molecule has 0 spiro atoms. The van der Waals surface area contributed by atoms with Gasteiger partial charge in [0.25, 0.3) is 0 Å². The average Bonchev–Trinajstić information content (AvgIpc) is 2.41. The Morgan fingerprint density at radius 1 is 1.35 bits per heavy atom. The summed E-state index contributed by atoms with van der Waals surface area (Å²) in [5.41, 5.74) is -0.0167. The number of hydrogen-bond acceptors (Lipinski definition) is 6. The van der Waals surface area contributed by atoms with Gasteiger partial charge in [0.15, 0.2) is 0 Å². The summed E-state index contributed by atoms with van der Waals surface area (Å²) in [4.78, 5) is 17.7. The van der Waals surface area contributed by atoms with Crippen molar-refractivity contribution >= 4 is 40.4 Å². The van der Waals surface area contributed by atoms with Crippen molar-refractivity contribution in [3.8, 4) is 5.75 Å². The lowest BCUT2D eigenvalue weighted by Crippen LogP contribution is -2.02. The van der Waals surface area contributed by atoms with E-state index in [-0.39, 0.29) is 11.0 Å². The number of nitrogens with zero attached hydrogens (tertiary/aromatic N) is 3. The minimum Gasteiger partial charge on any atom is -0.497 e. The molecule has 0 radical (unpaired) electrons. The summed E-state index contributed by atoms with van der Waals surface area (Å²) in [7, 11) is 1.50. The molecular formula is C11H8Cl2N4O3. The molecule has 0 bridgehead atoms. The van der Waals surface area contributed by atoms with E-state index in [9.17, 15) is 10.1 Å². The second-order valence-electron chi connectivity index (χ2n) is 3.59. The molecule has 1 heterocycles. The minimum absolute atomic E-state index is 0.0508. The lowest BCUT2D eigenvalue weighted by molar-refractivity contribution is -0.384.